The Morgan fingerprint density at radius 2 is 2.17 bits per heavy atom. The van der Waals surface area contributed by atoms with Crippen LogP contribution in [0.1, 0.15) is 25.7 Å². The van der Waals surface area contributed by atoms with Gasteiger partial charge in [0.2, 0.25) is 5.78 Å². The molecule has 92 valence electrons. The van der Waals surface area contributed by atoms with E-state index in [1.54, 1.807) is 23.5 Å². The highest BCUT2D eigenvalue weighted by atomic mass is 32.2. The summed E-state index contributed by atoms with van der Waals surface area (Å²) in [6, 6.07) is 7.87. The van der Waals surface area contributed by atoms with Crippen LogP contribution < -0.4 is 0 Å². The SMILES string of the molecule is O=C(c1cccc(F)c1)c1cc2c(s1)CCSC2. The number of hydrogen-bond donors (Lipinski definition) is 0. The Hall–Kier alpha value is -1.13. The second-order valence-corrected chi connectivity index (χ2v) is 6.44. The standard InChI is InChI=1S/C14H11FOS2/c15-11-3-1-2-9(6-11)14(16)13-7-10-8-17-5-4-12(10)18-13/h1-3,6-7H,4-5,8H2. The van der Waals surface area contributed by atoms with Crippen molar-refractivity contribution in [2.45, 2.75) is 12.2 Å². The van der Waals surface area contributed by atoms with Crippen molar-refractivity contribution in [3.8, 4) is 0 Å². The fourth-order valence-corrected chi connectivity index (χ4v) is 4.37. The topological polar surface area (TPSA) is 17.1 Å². The Morgan fingerprint density at radius 3 is 2.94 bits per heavy atom. The maximum atomic E-state index is 13.1. The van der Waals surface area contributed by atoms with Crippen LogP contribution in [0.2, 0.25) is 0 Å². The molecule has 2 aromatic rings. The largest absolute Gasteiger partial charge is 0.288 e. The molecule has 1 nitrogen and oxygen atoms in total. The van der Waals surface area contributed by atoms with Gasteiger partial charge in [0.25, 0.3) is 0 Å². The van der Waals surface area contributed by atoms with Crippen LogP contribution in [0.5, 0.6) is 0 Å². The number of rotatable bonds is 2. The van der Waals surface area contributed by atoms with Gasteiger partial charge in [0.1, 0.15) is 5.82 Å². The van der Waals surface area contributed by atoms with Crippen molar-refractivity contribution >= 4 is 28.9 Å². The number of thioether (sulfide) groups is 1. The zero-order valence-electron chi connectivity index (χ0n) is 9.61. The number of ketones is 1. The molecule has 1 aliphatic heterocycles. The number of benzene rings is 1. The monoisotopic (exact) mass is 278 g/mol. The molecule has 0 spiro atoms. The lowest BCUT2D eigenvalue weighted by molar-refractivity contribution is 0.104. The van der Waals surface area contributed by atoms with E-state index in [1.807, 2.05) is 17.8 Å². The average Bonchev–Trinajstić information content (AvgIpc) is 2.81. The highest BCUT2D eigenvalue weighted by molar-refractivity contribution is 7.98. The molecule has 0 saturated carbocycles. The van der Waals surface area contributed by atoms with Crippen LogP contribution >= 0.6 is 23.1 Å². The van der Waals surface area contributed by atoms with Crippen molar-refractivity contribution < 1.29 is 9.18 Å². The summed E-state index contributed by atoms with van der Waals surface area (Å²) in [6.07, 6.45) is 1.04. The first kappa shape index (κ1) is 11.9. The molecule has 0 saturated heterocycles. The van der Waals surface area contributed by atoms with Gasteiger partial charge in [-0.05, 0) is 35.9 Å². The summed E-state index contributed by atoms with van der Waals surface area (Å²) in [5.41, 5.74) is 1.71. The van der Waals surface area contributed by atoms with Gasteiger partial charge in [0.15, 0.2) is 0 Å². The van der Waals surface area contributed by atoms with Crippen LogP contribution in [0, 0.1) is 5.82 Å². The molecular formula is C14H11FOS2. The molecular weight excluding hydrogens is 267 g/mol. The van der Waals surface area contributed by atoms with Gasteiger partial charge in [-0.3, -0.25) is 4.79 Å². The van der Waals surface area contributed by atoms with Gasteiger partial charge in [0.05, 0.1) is 4.88 Å². The second-order valence-electron chi connectivity index (χ2n) is 4.20. The quantitative estimate of drug-likeness (QED) is 0.775. The zero-order valence-corrected chi connectivity index (χ0v) is 11.2. The predicted molar refractivity (Wildman–Crippen MR) is 74.0 cm³/mol. The summed E-state index contributed by atoms with van der Waals surface area (Å²) in [5.74, 6) is 1.68. The number of carbonyl (C=O) groups is 1. The minimum absolute atomic E-state index is 0.0705. The van der Waals surface area contributed by atoms with Crippen LogP contribution in [-0.4, -0.2) is 11.5 Å². The minimum Gasteiger partial charge on any atom is -0.288 e. The first-order valence-corrected chi connectivity index (χ1v) is 7.71. The van der Waals surface area contributed by atoms with Gasteiger partial charge < -0.3 is 0 Å². The van der Waals surface area contributed by atoms with Crippen molar-refractivity contribution in [2.24, 2.45) is 0 Å². The molecule has 4 heteroatoms. The number of halogens is 1. The Bertz CT molecular complexity index is 580. The van der Waals surface area contributed by atoms with E-state index >= 15 is 0 Å². The van der Waals surface area contributed by atoms with E-state index in [2.05, 4.69) is 0 Å². The molecule has 18 heavy (non-hydrogen) atoms. The lowest BCUT2D eigenvalue weighted by Crippen LogP contribution is -1.98. The number of hydrogen-bond acceptors (Lipinski definition) is 3. The molecule has 3 rings (SSSR count). The van der Waals surface area contributed by atoms with Crippen LogP contribution in [0.25, 0.3) is 0 Å². The lowest BCUT2D eigenvalue weighted by Gasteiger charge is -2.08. The second kappa shape index (κ2) is 4.86. The molecule has 2 heterocycles. The predicted octanol–water partition coefficient (Wildman–Crippen LogP) is 3.91. The molecule has 1 aromatic heterocycles. The molecule has 0 unspecified atom stereocenters. The molecule has 0 amide bonds. The highest BCUT2D eigenvalue weighted by Crippen LogP contribution is 2.32. The Morgan fingerprint density at radius 1 is 1.28 bits per heavy atom. The van der Waals surface area contributed by atoms with E-state index in [0.717, 1.165) is 22.8 Å². The zero-order chi connectivity index (χ0) is 12.5. The fraction of sp³-hybridized carbons (Fsp3) is 0.214. The van der Waals surface area contributed by atoms with Gasteiger partial charge in [-0.2, -0.15) is 11.8 Å². The van der Waals surface area contributed by atoms with Crippen LogP contribution in [0.15, 0.2) is 30.3 Å². The van der Waals surface area contributed by atoms with Crippen molar-refractivity contribution in [1.82, 2.24) is 0 Å². The maximum Gasteiger partial charge on any atom is 0.203 e. The fourth-order valence-electron chi connectivity index (χ4n) is 2.03. The van der Waals surface area contributed by atoms with Crippen LogP contribution in [0.3, 0.4) is 0 Å². The van der Waals surface area contributed by atoms with Crippen molar-refractivity contribution in [1.29, 1.82) is 0 Å². The van der Waals surface area contributed by atoms with E-state index < -0.39 is 0 Å². The molecule has 0 fully saturated rings. The lowest BCUT2D eigenvalue weighted by atomic mass is 10.1. The third-order valence-electron chi connectivity index (χ3n) is 2.94. The van der Waals surface area contributed by atoms with E-state index in [1.165, 1.54) is 22.6 Å². The van der Waals surface area contributed by atoms with Gasteiger partial charge in [0, 0.05) is 16.2 Å². The van der Waals surface area contributed by atoms with Gasteiger partial charge in [-0.15, -0.1) is 11.3 Å². The maximum absolute atomic E-state index is 13.1. The summed E-state index contributed by atoms with van der Waals surface area (Å²) in [6.45, 7) is 0. The molecule has 1 aliphatic rings. The Labute approximate surface area is 113 Å². The summed E-state index contributed by atoms with van der Waals surface area (Å²) >= 11 is 3.46. The number of thiophene rings is 1. The third-order valence-corrected chi connectivity index (χ3v) is 5.18. The summed E-state index contributed by atoms with van der Waals surface area (Å²) in [7, 11) is 0. The first-order valence-electron chi connectivity index (χ1n) is 5.73. The van der Waals surface area contributed by atoms with Gasteiger partial charge in [-0.1, -0.05) is 12.1 Å². The number of carbonyl (C=O) groups excluding carboxylic acids is 1. The summed E-state index contributed by atoms with van der Waals surface area (Å²) < 4.78 is 13.1. The van der Waals surface area contributed by atoms with E-state index in [-0.39, 0.29) is 11.6 Å². The normalized spacial score (nSPS) is 14.3. The molecule has 0 N–H and O–H groups in total. The van der Waals surface area contributed by atoms with E-state index in [4.69, 9.17) is 0 Å². The molecule has 0 atom stereocenters. The van der Waals surface area contributed by atoms with Gasteiger partial charge in [-0.25, -0.2) is 4.39 Å². The Kier molecular flexibility index (Phi) is 3.22. The summed E-state index contributed by atoms with van der Waals surface area (Å²) in [4.78, 5) is 14.3. The number of fused-ring (bicyclic) bond motifs is 1. The summed E-state index contributed by atoms with van der Waals surface area (Å²) in [5, 5.41) is 0. The van der Waals surface area contributed by atoms with Crippen molar-refractivity contribution in [2.75, 3.05) is 5.75 Å². The van der Waals surface area contributed by atoms with E-state index in [9.17, 15) is 9.18 Å². The van der Waals surface area contributed by atoms with Crippen LogP contribution in [0.4, 0.5) is 4.39 Å². The smallest absolute Gasteiger partial charge is 0.203 e. The average molecular weight is 278 g/mol. The highest BCUT2D eigenvalue weighted by Gasteiger charge is 2.18. The van der Waals surface area contributed by atoms with Crippen molar-refractivity contribution in [3.05, 3.63) is 57.0 Å². The number of aryl methyl sites for hydroxylation is 1. The molecule has 0 aliphatic carbocycles. The van der Waals surface area contributed by atoms with Gasteiger partial charge >= 0.3 is 0 Å². The van der Waals surface area contributed by atoms with Crippen LogP contribution in [-0.2, 0) is 12.2 Å². The molecule has 1 aromatic carbocycles. The van der Waals surface area contributed by atoms with E-state index in [0.29, 0.717) is 5.56 Å². The molecule has 0 radical (unpaired) electrons. The first-order chi connectivity index (χ1) is 8.74. The molecule has 0 bridgehead atoms. The third kappa shape index (κ3) is 2.22. The Balaban J connectivity index is 1.95. The minimum atomic E-state index is -0.363. The van der Waals surface area contributed by atoms with Crippen molar-refractivity contribution in [3.63, 3.8) is 0 Å².